The van der Waals surface area contributed by atoms with Gasteiger partial charge in [-0.2, -0.15) is 0 Å². The Labute approximate surface area is 105 Å². The molecule has 0 N–H and O–H groups in total. The van der Waals surface area contributed by atoms with Gasteiger partial charge >= 0.3 is 0 Å². The van der Waals surface area contributed by atoms with Gasteiger partial charge in [0, 0.05) is 22.3 Å². The van der Waals surface area contributed by atoms with Gasteiger partial charge in [0.25, 0.3) is 0 Å². The Hall–Kier alpha value is -1.75. The summed E-state index contributed by atoms with van der Waals surface area (Å²) in [4.78, 5) is 14.3. The monoisotopic (exact) mass is 295 g/mol. The van der Waals surface area contributed by atoms with Gasteiger partial charge in [-0.15, -0.1) is 0 Å². The number of halogens is 2. The van der Waals surface area contributed by atoms with Crippen molar-refractivity contribution in [3.63, 3.8) is 0 Å². The second-order valence-electron chi connectivity index (χ2n) is 3.22. The molecule has 5 heteroatoms. The highest BCUT2D eigenvalue weighted by Crippen LogP contribution is 2.26. The first kappa shape index (κ1) is 11.7. The first-order chi connectivity index (χ1) is 8.19. The summed E-state index contributed by atoms with van der Waals surface area (Å²) in [7, 11) is 0. The van der Waals surface area contributed by atoms with Crippen LogP contribution in [0.3, 0.4) is 0 Å². The number of carbonyl (C=O) groups is 1. The Morgan fingerprint density at radius 1 is 1.29 bits per heavy atom. The van der Waals surface area contributed by atoms with Crippen LogP contribution in [0.1, 0.15) is 10.4 Å². The lowest BCUT2D eigenvalue weighted by atomic mass is 10.3. The third-order valence-corrected chi connectivity index (χ3v) is 2.50. The predicted octanol–water partition coefficient (Wildman–Crippen LogP) is 3.59. The number of benzene rings is 1. The maximum absolute atomic E-state index is 13.4. The van der Waals surface area contributed by atoms with E-state index < -0.39 is 5.82 Å². The van der Waals surface area contributed by atoms with Crippen LogP contribution in [0, 0.1) is 5.82 Å². The van der Waals surface area contributed by atoms with Gasteiger partial charge < -0.3 is 4.74 Å². The summed E-state index contributed by atoms with van der Waals surface area (Å²) in [6, 6.07) is 7.42. The summed E-state index contributed by atoms with van der Waals surface area (Å²) >= 11 is 3.22. The van der Waals surface area contributed by atoms with Crippen LogP contribution < -0.4 is 4.74 Å². The van der Waals surface area contributed by atoms with Crippen molar-refractivity contribution in [2.75, 3.05) is 0 Å². The van der Waals surface area contributed by atoms with Crippen molar-refractivity contribution in [1.29, 1.82) is 0 Å². The molecular formula is C12H7BrFNO2. The maximum atomic E-state index is 13.4. The van der Waals surface area contributed by atoms with Crippen LogP contribution in [0.4, 0.5) is 4.39 Å². The number of carbonyl (C=O) groups excluding carboxylic acids is 1. The SMILES string of the molecule is O=Cc1ccc(Oc2cc(Br)ccc2F)nc1. The van der Waals surface area contributed by atoms with E-state index in [-0.39, 0.29) is 11.6 Å². The standard InChI is InChI=1S/C12H7BrFNO2/c13-9-2-3-10(14)11(5-9)17-12-4-1-8(7-16)6-15-12/h1-7H. The number of rotatable bonds is 3. The van der Waals surface area contributed by atoms with Crippen molar-refractivity contribution < 1.29 is 13.9 Å². The molecule has 0 saturated heterocycles. The van der Waals surface area contributed by atoms with Gasteiger partial charge in [-0.25, -0.2) is 9.37 Å². The fraction of sp³-hybridized carbons (Fsp3) is 0. The molecule has 0 unspecified atom stereocenters. The Bertz CT molecular complexity index is 543. The molecule has 1 aromatic carbocycles. The molecule has 0 aliphatic rings. The Balaban J connectivity index is 2.24. The minimum Gasteiger partial charge on any atom is -0.436 e. The average molecular weight is 296 g/mol. The van der Waals surface area contributed by atoms with Crippen LogP contribution in [-0.2, 0) is 0 Å². The average Bonchev–Trinajstić information content (AvgIpc) is 2.35. The summed E-state index contributed by atoms with van der Waals surface area (Å²) in [5.41, 5.74) is 0.437. The van der Waals surface area contributed by atoms with Crippen LogP contribution in [0.25, 0.3) is 0 Å². The molecule has 0 bridgehead atoms. The zero-order valence-electron chi connectivity index (χ0n) is 8.56. The van der Waals surface area contributed by atoms with Gasteiger partial charge in [-0.3, -0.25) is 4.79 Å². The molecule has 2 rings (SSSR count). The Kier molecular flexibility index (Phi) is 3.49. The highest BCUT2D eigenvalue weighted by molar-refractivity contribution is 9.10. The van der Waals surface area contributed by atoms with E-state index in [9.17, 15) is 9.18 Å². The van der Waals surface area contributed by atoms with Crippen molar-refractivity contribution in [3.8, 4) is 11.6 Å². The molecular weight excluding hydrogens is 289 g/mol. The lowest BCUT2D eigenvalue weighted by Gasteiger charge is -2.05. The highest BCUT2D eigenvalue weighted by Gasteiger charge is 2.06. The molecule has 0 saturated carbocycles. The molecule has 1 heterocycles. The van der Waals surface area contributed by atoms with Gasteiger partial charge in [0.15, 0.2) is 17.9 Å². The van der Waals surface area contributed by atoms with E-state index >= 15 is 0 Å². The molecule has 0 fully saturated rings. The van der Waals surface area contributed by atoms with Crippen molar-refractivity contribution in [3.05, 3.63) is 52.4 Å². The number of ether oxygens (including phenoxy) is 1. The van der Waals surface area contributed by atoms with E-state index in [1.807, 2.05) is 0 Å². The van der Waals surface area contributed by atoms with Crippen LogP contribution in [0.2, 0.25) is 0 Å². The van der Waals surface area contributed by atoms with Gasteiger partial charge in [0.1, 0.15) is 0 Å². The zero-order chi connectivity index (χ0) is 12.3. The van der Waals surface area contributed by atoms with Crippen LogP contribution in [-0.4, -0.2) is 11.3 Å². The number of hydrogen-bond donors (Lipinski definition) is 0. The minimum absolute atomic E-state index is 0.0747. The molecule has 0 aliphatic heterocycles. The van der Waals surface area contributed by atoms with Crippen LogP contribution in [0.5, 0.6) is 11.6 Å². The second-order valence-corrected chi connectivity index (χ2v) is 4.14. The van der Waals surface area contributed by atoms with Crippen molar-refractivity contribution in [2.45, 2.75) is 0 Å². The summed E-state index contributed by atoms with van der Waals surface area (Å²) in [5, 5.41) is 0. The minimum atomic E-state index is -0.477. The molecule has 0 radical (unpaired) electrons. The van der Waals surface area contributed by atoms with E-state index in [1.165, 1.54) is 24.4 Å². The van der Waals surface area contributed by atoms with Crippen molar-refractivity contribution >= 4 is 22.2 Å². The van der Waals surface area contributed by atoms with Crippen LogP contribution in [0.15, 0.2) is 41.0 Å². The van der Waals surface area contributed by atoms with Crippen LogP contribution >= 0.6 is 15.9 Å². The molecule has 86 valence electrons. The number of pyridine rings is 1. The van der Waals surface area contributed by atoms with Crippen molar-refractivity contribution in [1.82, 2.24) is 4.98 Å². The molecule has 1 aromatic heterocycles. The molecule has 0 amide bonds. The van der Waals surface area contributed by atoms with Crippen molar-refractivity contribution in [2.24, 2.45) is 0 Å². The zero-order valence-corrected chi connectivity index (χ0v) is 10.1. The van der Waals surface area contributed by atoms with E-state index in [4.69, 9.17) is 4.74 Å². The quantitative estimate of drug-likeness (QED) is 0.813. The Morgan fingerprint density at radius 2 is 2.12 bits per heavy atom. The second kappa shape index (κ2) is 5.05. The number of aldehydes is 1. The lowest BCUT2D eigenvalue weighted by molar-refractivity contribution is 0.112. The third kappa shape index (κ3) is 2.88. The molecule has 3 nitrogen and oxygen atoms in total. The topological polar surface area (TPSA) is 39.2 Å². The summed E-state index contributed by atoms with van der Waals surface area (Å²) in [5.74, 6) is -0.173. The normalized spacial score (nSPS) is 10.0. The van der Waals surface area contributed by atoms with Gasteiger partial charge in [0.05, 0.1) is 0 Å². The number of hydrogen-bond acceptors (Lipinski definition) is 3. The fourth-order valence-corrected chi connectivity index (χ4v) is 1.53. The third-order valence-electron chi connectivity index (χ3n) is 2.00. The lowest BCUT2D eigenvalue weighted by Crippen LogP contribution is -1.91. The Morgan fingerprint density at radius 3 is 2.76 bits per heavy atom. The largest absolute Gasteiger partial charge is 0.436 e. The molecule has 2 aromatic rings. The summed E-state index contributed by atoms with van der Waals surface area (Å²) in [6.07, 6.45) is 2.04. The van der Waals surface area contributed by atoms with Gasteiger partial charge in [0.2, 0.25) is 5.88 Å². The maximum Gasteiger partial charge on any atom is 0.219 e. The van der Waals surface area contributed by atoms with E-state index in [0.29, 0.717) is 16.3 Å². The highest BCUT2D eigenvalue weighted by atomic mass is 79.9. The molecule has 0 aliphatic carbocycles. The number of aromatic nitrogens is 1. The first-order valence-electron chi connectivity index (χ1n) is 4.73. The van der Waals surface area contributed by atoms with E-state index in [1.54, 1.807) is 12.1 Å². The molecule has 0 atom stereocenters. The molecule has 17 heavy (non-hydrogen) atoms. The number of nitrogens with zero attached hydrogens (tertiary/aromatic N) is 1. The smallest absolute Gasteiger partial charge is 0.219 e. The van der Waals surface area contributed by atoms with Gasteiger partial charge in [-0.05, 0) is 24.3 Å². The van der Waals surface area contributed by atoms with Gasteiger partial charge in [-0.1, -0.05) is 15.9 Å². The molecule has 0 spiro atoms. The fourth-order valence-electron chi connectivity index (χ4n) is 1.19. The van der Waals surface area contributed by atoms with E-state index in [0.717, 1.165) is 0 Å². The summed E-state index contributed by atoms with van der Waals surface area (Å²) in [6.45, 7) is 0. The first-order valence-corrected chi connectivity index (χ1v) is 5.52. The summed E-state index contributed by atoms with van der Waals surface area (Å²) < 4.78 is 19.3. The predicted molar refractivity (Wildman–Crippen MR) is 63.8 cm³/mol. The van der Waals surface area contributed by atoms with E-state index in [2.05, 4.69) is 20.9 Å².